The average Bonchev–Trinajstić information content (AvgIpc) is 2.35. The van der Waals surface area contributed by atoms with Crippen LogP contribution >= 0.6 is 0 Å². The lowest BCUT2D eigenvalue weighted by Gasteiger charge is -2.22. The van der Waals surface area contributed by atoms with Gasteiger partial charge in [0.25, 0.3) is 0 Å². The average molecular weight is 219 g/mol. The lowest BCUT2D eigenvalue weighted by Crippen LogP contribution is -2.31. The molecular formula is C15H25N. The summed E-state index contributed by atoms with van der Waals surface area (Å²) >= 11 is 0. The number of nitrogens with one attached hydrogen (secondary N) is 1. The second kappa shape index (κ2) is 7.45. The van der Waals surface area contributed by atoms with E-state index in [9.17, 15) is 0 Å². The fraction of sp³-hybridized carbons (Fsp3) is 0.600. The zero-order chi connectivity index (χ0) is 11.8. The topological polar surface area (TPSA) is 12.0 Å². The van der Waals surface area contributed by atoms with E-state index in [1.807, 2.05) is 0 Å². The first-order valence-corrected chi connectivity index (χ1v) is 6.49. The summed E-state index contributed by atoms with van der Waals surface area (Å²) in [5.41, 5.74) is 1.46. The van der Waals surface area contributed by atoms with Crippen LogP contribution in [0, 0.1) is 5.92 Å². The smallest absolute Gasteiger partial charge is 0.00897 e. The van der Waals surface area contributed by atoms with Gasteiger partial charge in [-0.1, -0.05) is 50.6 Å². The summed E-state index contributed by atoms with van der Waals surface area (Å²) in [6, 6.07) is 11.4. The summed E-state index contributed by atoms with van der Waals surface area (Å²) < 4.78 is 0. The van der Waals surface area contributed by atoms with Gasteiger partial charge >= 0.3 is 0 Å². The molecule has 0 amide bonds. The maximum absolute atomic E-state index is 3.44. The molecule has 1 aromatic rings. The highest BCUT2D eigenvalue weighted by atomic mass is 14.9. The Bertz CT molecular complexity index is 268. The van der Waals surface area contributed by atoms with Gasteiger partial charge in [0.1, 0.15) is 0 Å². The first-order valence-electron chi connectivity index (χ1n) is 6.49. The molecule has 0 aliphatic carbocycles. The third-order valence-electron chi connectivity index (χ3n) is 3.53. The van der Waals surface area contributed by atoms with E-state index in [0.29, 0.717) is 6.04 Å². The van der Waals surface area contributed by atoms with Crippen LogP contribution in [0.5, 0.6) is 0 Å². The highest BCUT2D eigenvalue weighted by molar-refractivity contribution is 5.14. The van der Waals surface area contributed by atoms with Crippen LogP contribution in [0.15, 0.2) is 30.3 Å². The standard InChI is InChI=1S/C15H25N/c1-4-13(2)15(16-3)12-8-11-14-9-6-5-7-10-14/h5-7,9-10,13,15-16H,4,8,11-12H2,1-3H3. The Morgan fingerprint density at radius 2 is 1.88 bits per heavy atom. The summed E-state index contributed by atoms with van der Waals surface area (Å²) in [6.45, 7) is 4.61. The fourth-order valence-corrected chi connectivity index (χ4v) is 2.17. The summed E-state index contributed by atoms with van der Waals surface area (Å²) in [6.07, 6.45) is 5.02. The maximum atomic E-state index is 3.44. The number of aryl methyl sites for hydroxylation is 1. The molecule has 0 saturated heterocycles. The summed E-state index contributed by atoms with van der Waals surface area (Å²) in [5.74, 6) is 0.778. The van der Waals surface area contributed by atoms with Crippen molar-refractivity contribution in [2.75, 3.05) is 7.05 Å². The molecule has 1 heteroatoms. The SMILES string of the molecule is CCC(C)C(CCCc1ccccc1)NC. The minimum Gasteiger partial charge on any atom is -0.317 e. The van der Waals surface area contributed by atoms with Crippen LogP contribution in [0.4, 0.5) is 0 Å². The van der Waals surface area contributed by atoms with Crippen LogP contribution in [-0.2, 0) is 6.42 Å². The Kier molecular flexibility index (Phi) is 6.17. The molecule has 0 aromatic heterocycles. The van der Waals surface area contributed by atoms with Gasteiger partial charge in [0, 0.05) is 6.04 Å². The van der Waals surface area contributed by atoms with Gasteiger partial charge in [-0.05, 0) is 37.8 Å². The van der Waals surface area contributed by atoms with Crippen LogP contribution in [-0.4, -0.2) is 13.1 Å². The van der Waals surface area contributed by atoms with Crippen molar-refractivity contribution in [2.45, 2.75) is 45.6 Å². The summed E-state index contributed by atoms with van der Waals surface area (Å²) in [5, 5.41) is 3.44. The molecule has 0 fully saturated rings. The Hall–Kier alpha value is -0.820. The van der Waals surface area contributed by atoms with Crippen molar-refractivity contribution < 1.29 is 0 Å². The molecule has 90 valence electrons. The molecule has 0 saturated carbocycles. The van der Waals surface area contributed by atoms with Crippen molar-refractivity contribution in [1.29, 1.82) is 0 Å². The van der Waals surface area contributed by atoms with Crippen LogP contribution in [0.3, 0.4) is 0 Å². The minimum absolute atomic E-state index is 0.675. The van der Waals surface area contributed by atoms with Crippen LogP contribution in [0.25, 0.3) is 0 Å². The third kappa shape index (κ3) is 4.36. The molecule has 1 aromatic carbocycles. The van der Waals surface area contributed by atoms with Gasteiger partial charge in [0.05, 0.1) is 0 Å². The number of benzene rings is 1. The quantitative estimate of drug-likeness (QED) is 0.738. The van der Waals surface area contributed by atoms with Crippen molar-refractivity contribution in [3.8, 4) is 0 Å². The molecule has 2 unspecified atom stereocenters. The van der Waals surface area contributed by atoms with Crippen molar-refractivity contribution in [3.05, 3.63) is 35.9 Å². The molecule has 0 bridgehead atoms. The second-order valence-corrected chi connectivity index (χ2v) is 4.66. The van der Waals surface area contributed by atoms with Gasteiger partial charge < -0.3 is 5.32 Å². The Labute approximate surface area is 100 Å². The highest BCUT2D eigenvalue weighted by Gasteiger charge is 2.12. The molecule has 1 rings (SSSR count). The largest absolute Gasteiger partial charge is 0.317 e. The van der Waals surface area contributed by atoms with E-state index in [4.69, 9.17) is 0 Å². The van der Waals surface area contributed by atoms with Gasteiger partial charge in [-0.2, -0.15) is 0 Å². The lowest BCUT2D eigenvalue weighted by molar-refractivity contribution is 0.361. The maximum Gasteiger partial charge on any atom is 0.00897 e. The molecule has 0 radical (unpaired) electrons. The fourth-order valence-electron chi connectivity index (χ4n) is 2.17. The molecule has 0 aliphatic rings. The van der Waals surface area contributed by atoms with E-state index in [-0.39, 0.29) is 0 Å². The van der Waals surface area contributed by atoms with Gasteiger partial charge in [0.15, 0.2) is 0 Å². The van der Waals surface area contributed by atoms with Crippen LogP contribution in [0.2, 0.25) is 0 Å². The van der Waals surface area contributed by atoms with Gasteiger partial charge in [0.2, 0.25) is 0 Å². The van der Waals surface area contributed by atoms with Gasteiger partial charge in [-0.15, -0.1) is 0 Å². The van der Waals surface area contributed by atoms with E-state index in [1.165, 1.54) is 31.2 Å². The normalized spacial score (nSPS) is 14.7. The van der Waals surface area contributed by atoms with E-state index < -0.39 is 0 Å². The highest BCUT2D eigenvalue weighted by Crippen LogP contribution is 2.14. The molecule has 0 spiro atoms. The van der Waals surface area contributed by atoms with Crippen molar-refractivity contribution >= 4 is 0 Å². The zero-order valence-corrected chi connectivity index (χ0v) is 10.9. The lowest BCUT2D eigenvalue weighted by atomic mass is 9.94. The first kappa shape index (κ1) is 13.2. The third-order valence-corrected chi connectivity index (χ3v) is 3.53. The Balaban J connectivity index is 2.28. The molecule has 1 nitrogen and oxygen atoms in total. The van der Waals surface area contributed by atoms with E-state index >= 15 is 0 Å². The van der Waals surface area contributed by atoms with Gasteiger partial charge in [-0.3, -0.25) is 0 Å². The van der Waals surface area contributed by atoms with E-state index in [0.717, 1.165) is 5.92 Å². The van der Waals surface area contributed by atoms with E-state index in [1.54, 1.807) is 0 Å². The second-order valence-electron chi connectivity index (χ2n) is 4.66. The van der Waals surface area contributed by atoms with Crippen molar-refractivity contribution in [1.82, 2.24) is 5.32 Å². The van der Waals surface area contributed by atoms with Crippen LogP contribution in [0.1, 0.15) is 38.7 Å². The van der Waals surface area contributed by atoms with Gasteiger partial charge in [-0.25, -0.2) is 0 Å². The molecule has 0 heterocycles. The molecular weight excluding hydrogens is 194 g/mol. The zero-order valence-electron chi connectivity index (χ0n) is 10.9. The molecule has 1 N–H and O–H groups in total. The minimum atomic E-state index is 0.675. The number of hydrogen-bond acceptors (Lipinski definition) is 1. The van der Waals surface area contributed by atoms with Crippen LogP contribution < -0.4 is 5.32 Å². The summed E-state index contributed by atoms with van der Waals surface area (Å²) in [4.78, 5) is 0. The Morgan fingerprint density at radius 1 is 1.19 bits per heavy atom. The first-order chi connectivity index (χ1) is 7.77. The summed E-state index contributed by atoms with van der Waals surface area (Å²) in [7, 11) is 2.08. The Morgan fingerprint density at radius 3 is 2.44 bits per heavy atom. The predicted molar refractivity (Wildman–Crippen MR) is 71.7 cm³/mol. The molecule has 16 heavy (non-hydrogen) atoms. The molecule has 0 aliphatic heterocycles. The number of rotatable bonds is 7. The molecule has 2 atom stereocenters. The van der Waals surface area contributed by atoms with Crippen molar-refractivity contribution in [3.63, 3.8) is 0 Å². The van der Waals surface area contributed by atoms with E-state index in [2.05, 4.69) is 56.5 Å². The van der Waals surface area contributed by atoms with Crippen molar-refractivity contribution in [2.24, 2.45) is 5.92 Å². The number of hydrogen-bond donors (Lipinski definition) is 1. The monoisotopic (exact) mass is 219 g/mol. The predicted octanol–water partition coefficient (Wildman–Crippen LogP) is 3.64.